The Morgan fingerprint density at radius 2 is 1.96 bits per heavy atom. The number of anilines is 1. The molecule has 0 spiro atoms. The van der Waals surface area contributed by atoms with Crippen LogP contribution in [0, 0.1) is 0 Å². The van der Waals surface area contributed by atoms with Crippen LogP contribution in [0.3, 0.4) is 0 Å². The fourth-order valence-corrected chi connectivity index (χ4v) is 2.19. The first-order valence-electron chi connectivity index (χ1n) is 7.08. The third-order valence-corrected chi connectivity index (χ3v) is 3.63. The van der Waals surface area contributed by atoms with Gasteiger partial charge in [0.05, 0.1) is 5.71 Å². The molecule has 0 aliphatic heterocycles. The summed E-state index contributed by atoms with van der Waals surface area (Å²) in [5.74, 6) is 0.293. The van der Waals surface area contributed by atoms with Crippen LogP contribution in [0.1, 0.15) is 19.4 Å². The molecule has 2 aromatic rings. The van der Waals surface area contributed by atoms with Crippen molar-refractivity contribution in [2.75, 3.05) is 5.73 Å². The van der Waals surface area contributed by atoms with Crippen LogP contribution in [0.4, 0.5) is 5.69 Å². The van der Waals surface area contributed by atoms with Crippen LogP contribution in [-0.4, -0.2) is 17.7 Å². The number of nitrogens with one attached hydrogen (secondary N) is 1. The lowest BCUT2D eigenvalue weighted by Gasteiger charge is -2.13. The van der Waals surface area contributed by atoms with Crippen LogP contribution >= 0.6 is 15.9 Å². The summed E-state index contributed by atoms with van der Waals surface area (Å²) >= 11 is 3.36. The van der Waals surface area contributed by atoms with Crippen LogP contribution < -0.4 is 15.9 Å². The number of nitrogen functional groups attached to an aromatic ring is 1. The van der Waals surface area contributed by atoms with Gasteiger partial charge in [-0.1, -0.05) is 34.1 Å². The summed E-state index contributed by atoms with van der Waals surface area (Å²) < 4.78 is 6.47. The van der Waals surface area contributed by atoms with E-state index in [1.54, 1.807) is 31.2 Å². The molecule has 0 aliphatic carbocycles. The van der Waals surface area contributed by atoms with Gasteiger partial charge in [0.2, 0.25) is 0 Å². The van der Waals surface area contributed by atoms with Gasteiger partial charge in [-0.05, 0) is 49.7 Å². The largest absolute Gasteiger partial charge is 0.481 e. The highest BCUT2D eigenvalue weighted by molar-refractivity contribution is 9.10. The average Bonchev–Trinajstić information content (AvgIpc) is 2.53. The normalized spacial score (nSPS) is 12.6. The number of benzene rings is 2. The molecule has 0 fully saturated rings. The lowest BCUT2D eigenvalue weighted by atomic mass is 10.1. The minimum absolute atomic E-state index is 0.320. The molecule has 3 N–H and O–H groups in total. The molecule has 1 amide bonds. The molecule has 120 valence electrons. The van der Waals surface area contributed by atoms with E-state index < -0.39 is 6.10 Å². The number of rotatable bonds is 5. The summed E-state index contributed by atoms with van der Waals surface area (Å²) in [7, 11) is 0. The maximum absolute atomic E-state index is 12.0. The minimum Gasteiger partial charge on any atom is -0.481 e. The molecule has 0 heterocycles. The van der Waals surface area contributed by atoms with E-state index >= 15 is 0 Å². The van der Waals surface area contributed by atoms with Crippen molar-refractivity contribution < 1.29 is 9.53 Å². The highest BCUT2D eigenvalue weighted by atomic mass is 79.9. The number of carbonyl (C=O) groups excluding carboxylic acids is 1. The van der Waals surface area contributed by atoms with E-state index in [1.807, 2.05) is 31.2 Å². The Hall–Kier alpha value is -2.34. The second-order valence-corrected chi connectivity index (χ2v) is 5.93. The molecule has 0 aliphatic rings. The molecule has 0 aromatic heterocycles. The zero-order valence-electron chi connectivity index (χ0n) is 12.9. The predicted molar refractivity (Wildman–Crippen MR) is 95.4 cm³/mol. The Labute approximate surface area is 143 Å². The molecular formula is C17H18BrN3O2. The average molecular weight is 376 g/mol. The van der Waals surface area contributed by atoms with Crippen LogP contribution in [-0.2, 0) is 4.79 Å². The SMILES string of the molecule is C/C(=N/NC(=O)[C@H](C)Oc1cccc(Br)c1)c1ccc(N)cc1. The van der Waals surface area contributed by atoms with E-state index in [-0.39, 0.29) is 5.91 Å². The number of hydrogen-bond donors (Lipinski definition) is 2. The second kappa shape index (κ2) is 7.78. The standard InChI is InChI=1S/C17H18BrN3O2/c1-11(13-6-8-15(19)9-7-13)20-21-17(22)12(2)23-16-5-3-4-14(18)10-16/h3-10,12H,19H2,1-2H3,(H,21,22)/b20-11-/t12-/m0/s1. The lowest BCUT2D eigenvalue weighted by molar-refractivity contribution is -0.127. The summed E-state index contributed by atoms with van der Waals surface area (Å²) in [6.45, 7) is 3.48. The van der Waals surface area contributed by atoms with Crippen molar-refractivity contribution in [2.24, 2.45) is 5.10 Å². The quantitative estimate of drug-likeness (QED) is 0.477. The molecule has 0 bridgehead atoms. The van der Waals surface area contributed by atoms with Crippen LogP contribution in [0.2, 0.25) is 0 Å². The van der Waals surface area contributed by atoms with E-state index in [2.05, 4.69) is 26.5 Å². The number of hydrogen-bond acceptors (Lipinski definition) is 4. The number of carbonyl (C=O) groups is 1. The first-order chi connectivity index (χ1) is 11.0. The molecule has 0 saturated carbocycles. The van der Waals surface area contributed by atoms with E-state index in [0.717, 1.165) is 10.0 Å². The van der Waals surface area contributed by atoms with E-state index in [1.165, 1.54) is 0 Å². The lowest BCUT2D eigenvalue weighted by Crippen LogP contribution is -2.33. The van der Waals surface area contributed by atoms with E-state index in [9.17, 15) is 4.79 Å². The Morgan fingerprint density at radius 3 is 2.61 bits per heavy atom. The van der Waals surface area contributed by atoms with Gasteiger partial charge in [0, 0.05) is 10.2 Å². The third-order valence-electron chi connectivity index (χ3n) is 3.14. The van der Waals surface area contributed by atoms with Crippen molar-refractivity contribution >= 4 is 33.2 Å². The highest BCUT2D eigenvalue weighted by Crippen LogP contribution is 2.18. The fourth-order valence-electron chi connectivity index (χ4n) is 1.82. The number of nitrogens with zero attached hydrogens (tertiary/aromatic N) is 1. The zero-order valence-corrected chi connectivity index (χ0v) is 14.5. The van der Waals surface area contributed by atoms with Gasteiger partial charge in [-0.25, -0.2) is 5.43 Å². The molecule has 0 unspecified atom stereocenters. The first-order valence-corrected chi connectivity index (χ1v) is 7.87. The summed E-state index contributed by atoms with van der Waals surface area (Å²) in [6, 6.07) is 14.6. The first kappa shape index (κ1) is 17.0. The molecular weight excluding hydrogens is 358 g/mol. The smallest absolute Gasteiger partial charge is 0.280 e. The van der Waals surface area contributed by atoms with Crippen molar-refractivity contribution in [3.63, 3.8) is 0 Å². The van der Waals surface area contributed by atoms with Gasteiger partial charge in [-0.3, -0.25) is 4.79 Å². The highest BCUT2D eigenvalue weighted by Gasteiger charge is 2.14. The molecule has 0 radical (unpaired) electrons. The van der Waals surface area contributed by atoms with Gasteiger partial charge < -0.3 is 10.5 Å². The number of halogens is 1. The molecule has 6 heteroatoms. The molecule has 5 nitrogen and oxygen atoms in total. The van der Waals surface area contributed by atoms with Crippen molar-refractivity contribution in [2.45, 2.75) is 20.0 Å². The summed E-state index contributed by atoms with van der Waals surface area (Å²) in [5, 5.41) is 4.09. The van der Waals surface area contributed by atoms with Crippen molar-refractivity contribution in [3.8, 4) is 5.75 Å². The third kappa shape index (κ3) is 5.10. The Balaban J connectivity index is 1.95. The summed E-state index contributed by atoms with van der Waals surface area (Å²) in [6.07, 6.45) is -0.660. The monoisotopic (exact) mass is 375 g/mol. The molecule has 2 aromatic carbocycles. The topological polar surface area (TPSA) is 76.7 Å². The zero-order chi connectivity index (χ0) is 16.8. The van der Waals surface area contributed by atoms with Gasteiger partial charge in [-0.15, -0.1) is 0 Å². The van der Waals surface area contributed by atoms with Crippen LogP contribution in [0.5, 0.6) is 5.75 Å². The maximum Gasteiger partial charge on any atom is 0.280 e. The van der Waals surface area contributed by atoms with Gasteiger partial charge in [0.25, 0.3) is 5.91 Å². The minimum atomic E-state index is -0.660. The Morgan fingerprint density at radius 1 is 1.26 bits per heavy atom. The maximum atomic E-state index is 12.0. The molecule has 2 rings (SSSR count). The van der Waals surface area contributed by atoms with Crippen molar-refractivity contribution in [1.82, 2.24) is 5.43 Å². The van der Waals surface area contributed by atoms with Crippen LogP contribution in [0.15, 0.2) is 58.1 Å². The van der Waals surface area contributed by atoms with Gasteiger partial charge in [0.1, 0.15) is 5.75 Å². The van der Waals surface area contributed by atoms with Crippen molar-refractivity contribution in [3.05, 3.63) is 58.6 Å². The van der Waals surface area contributed by atoms with Gasteiger partial charge in [-0.2, -0.15) is 5.10 Å². The number of ether oxygens (including phenoxy) is 1. The number of amides is 1. The number of nitrogens with two attached hydrogens (primary N) is 1. The van der Waals surface area contributed by atoms with Gasteiger partial charge >= 0.3 is 0 Å². The van der Waals surface area contributed by atoms with Crippen LogP contribution in [0.25, 0.3) is 0 Å². The molecule has 1 atom stereocenters. The predicted octanol–water partition coefficient (Wildman–Crippen LogP) is 3.34. The molecule has 23 heavy (non-hydrogen) atoms. The number of hydrazone groups is 1. The fraction of sp³-hybridized carbons (Fsp3) is 0.176. The van der Waals surface area contributed by atoms with E-state index in [0.29, 0.717) is 17.1 Å². The van der Waals surface area contributed by atoms with Gasteiger partial charge in [0.15, 0.2) is 6.10 Å². The second-order valence-electron chi connectivity index (χ2n) is 5.01. The van der Waals surface area contributed by atoms with E-state index in [4.69, 9.17) is 10.5 Å². The van der Waals surface area contributed by atoms with Crippen molar-refractivity contribution in [1.29, 1.82) is 0 Å². The Kier molecular flexibility index (Phi) is 5.76. The summed E-state index contributed by atoms with van der Waals surface area (Å²) in [5.41, 5.74) is 10.4. The summed E-state index contributed by atoms with van der Waals surface area (Å²) in [4.78, 5) is 12.0. The Bertz CT molecular complexity index is 714. The molecule has 0 saturated heterocycles.